The Balaban J connectivity index is 1.79. The average molecular weight is 322 g/mol. The van der Waals surface area contributed by atoms with E-state index in [2.05, 4.69) is 15.9 Å². The Morgan fingerprint density at radius 3 is 2.05 bits per heavy atom. The van der Waals surface area contributed by atoms with Crippen molar-refractivity contribution in [3.63, 3.8) is 0 Å². The van der Waals surface area contributed by atoms with Crippen LogP contribution >= 0.6 is 15.9 Å². The summed E-state index contributed by atoms with van der Waals surface area (Å²) in [5.74, 6) is -0.0105. The second-order valence-corrected chi connectivity index (χ2v) is 6.30. The predicted octanol–water partition coefficient (Wildman–Crippen LogP) is 3.12. The van der Waals surface area contributed by atoms with Crippen LogP contribution in [0, 0.1) is 11.8 Å². The van der Waals surface area contributed by atoms with E-state index in [0.717, 1.165) is 35.7 Å². The zero-order valence-electron chi connectivity index (χ0n) is 10.6. The van der Waals surface area contributed by atoms with Crippen molar-refractivity contribution in [1.29, 1.82) is 0 Å². The van der Waals surface area contributed by atoms with Crippen LogP contribution in [0.2, 0.25) is 0 Å². The lowest BCUT2D eigenvalue weighted by molar-refractivity contribution is -0.140. The van der Waals surface area contributed by atoms with E-state index in [0.29, 0.717) is 6.54 Å². The lowest BCUT2D eigenvalue weighted by Crippen LogP contribution is -2.30. The third-order valence-corrected chi connectivity index (χ3v) is 4.72. The van der Waals surface area contributed by atoms with Gasteiger partial charge in [0.2, 0.25) is 11.8 Å². The van der Waals surface area contributed by atoms with Gasteiger partial charge in [-0.1, -0.05) is 40.9 Å². The molecule has 2 unspecified atom stereocenters. The predicted molar refractivity (Wildman–Crippen MR) is 75.1 cm³/mol. The van der Waals surface area contributed by atoms with Gasteiger partial charge in [-0.2, -0.15) is 0 Å². The first-order valence-electron chi connectivity index (χ1n) is 6.76. The Kier molecular flexibility index (Phi) is 3.44. The lowest BCUT2D eigenvalue weighted by atomic mass is 9.81. The van der Waals surface area contributed by atoms with Crippen molar-refractivity contribution >= 4 is 27.7 Å². The Morgan fingerprint density at radius 2 is 1.53 bits per heavy atom. The van der Waals surface area contributed by atoms with Crippen LogP contribution < -0.4 is 0 Å². The smallest absolute Gasteiger partial charge is 0.233 e. The first-order valence-corrected chi connectivity index (χ1v) is 7.56. The highest BCUT2D eigenvalue weighted by Crippen LogP contribution is 2.38. The molecule has 2 aliphatic rings. The summed E-state index contributed by atoms with van der Waals surface area (Å²) in [5, 5.41) is 0. The number of halogens is 1. The highest BCUT2D eigenvalue weighted by molar-refractivity contribution is 9.10. The van der Waals surface area contributed by atoms with Crippen LogP contribution in [0.25, 0.3) is 0 Å². The number of likely N-dealkylation sites (tertiary alicyclic amines) is 1. The Bertz CT molecular complexity index is 487. The zero-order chi connectivity index (χ0) is 13.4. The van der Waals surface area contributed by atoms with E-state index < -0.39 is 0 Å². The zero-order valence-corrected chi connectivity index (χ0v) is 12.2. The molecular weight excluding hydrogens is 306 g/mol. The van der Waals surface area contributed by atoms with Gasteiger partial charge in [0, 0.05) is 4.47 Å². The molecule has 100 valence electrons. The summed E-state index contributed by atoms with van der Waals surface area (Å²) in [6, 6.07) is 7.78. The van der Waals surface area contributed by atoms with E-state index in [1.165, 1.54) is 4.90 Å². The van der Waals surface area contributed by atoms with Crippen LogP contribution in [0.4, 0.5) is 0 Å². The van der Waals surface area contributed by atoms with Gasteiger partial charge in [-0.25, -0.2) is 0 Å². The summed E-state index contributed by atoms with van der Waals surface area (Å²) in [7, 11) is 0. The van der Waals surface area contributed by atoms with E-state index in [1.807, 2.05) is 24.3 Å². The minimum Gasteiger partial charge on any atom is -0.278 e. The number of benzene rings is 1. The number of hydrogen-bond donors (Lipinski definition) is 0. The first-order chi connectivity index (χ1) is 9.16. The van der Waals surface area contributed by atoms with Crippen molar-refractivity contribution in [2.75, 3.05) is 0 Å². The fourth-order valence-electron chi connectivity index (χ4n) is 3.16. The van der Waals surface area contributed by atoms with Crippen molar-refractivity contribution in [2.24, 2.45) is 11.8 Å². The molecule has 4 heteroatoms. The lowest BCUT2D eigenvalue weighted by Gasteiger charge is -2.19. The summed E-state index contributed by atoms with van der Waals surface area (Å²) in [5.41, 5.74) is 1.00. The third kappa shape index (κ3) is 2.34. The van der Waals surface area contributed by atoms with E-state index in [9.17, 15) is 9.59 Å². The topological polar surface area (TPSA) is 37.4 Å². The van der Waals surface area contributed by atoms with Crippen LogP contribution in [-0.2, 0) is 16.1 Å². The highest BCUT2D eigenvalue weighted by Gasteiger charge is 2.47. The van der Waals surface area contributed by atoms with Crippen LogP contribution in [0.15, 0.2) is 28.7 Å². The SMILES string of the molecule is O=C1C2CCCCC2C(=O)N1Cc1ccc(Br)cc1. The van der Waals surface area contributed by atoms with Crippen LogP contribution in [0.5, 0.6) is 0 Å². The number of fused-ring (bicyclic) bond motifs is 1. The monoisotopic (exact) mass is 321 g/mol. The molecule has 2 atom stereocenters. The standard InChI is InChI=1S/C15H16BrNO2/c16-11-7-5-10(6-8-11)9-17-14(18)12-3-1-2-4-13(12)15(17)19/h5-8,12-13H,1-4,9H2. The molecule has 0 radical (unpaired) electrons. The normalized spacial score (nSPS) is 26.7. The van der Waals surface area contributed by atoms with Gasteiger partial charge >= 0.3 is 0 Å². The van der Waals surface area contributed by atoms with Gasteiger partial charge in [0.05, 0.1) is 18.4 Å². The summed E-state index contributed by atoms with van der Waals surface area (Å²) in [6.45, 7) is 0.415. The second kappa shape index (κ2) is 5.08. The maximum Gasteiger partial charge on any atom is 0.233 e. The van der Waals surface area contributed by atoms with Crippen molar-refractivity contribution in [3.05, 3.63) is 34.3 Å². The van der Waals surface area contributed by atoms with Crippen LogP contribution in [0.1, 0.15) is 31.2 Å². The van der Waals surface area contributed by atoms with Gasteiger partial charge in [0.15, 0.2) is 0 Å². The molecular formula is C15H16BrNO2. The number of nitrogens with zero attached hydrogens (tertiary/aromatic N) is 1. The summed E-state index contributed by atoms with van der Waals surface area (Å²) in [4.78, 5) is 26.1. The fourth-order valence-corrected chi connectivity index (χ4v) is 3.42. The van der Waals surface area contributed by atoms with E-state index in [-0.39, 0.29) is 23.7 Å². The number of carbonyl (C=O) groups is 2. The van der Waals surface area contributed by atoms with E-state index in [4.69, 9.17) is 0 Å². The molecule has 2 amide bonds. The molecule has 0 N–H and O–H groups in total. The highest BCUT2D eigenvalue weighted by atomic mass is 79.9. The summed E-state index contributed by atoms with van der Waals surface area (Å²) < 4.78 is 1.00. The quantitative estimate of drug-likeness (QED) is 0.785. The van der Waals surface area contributed by atoms with Crippen molar-refractivity contribution < 1.29 is 9.59 Å². The molecule has 19 heavy (non-hydrogen) atoms. The number of imide groups is 1. The van der Waals surface area contributed by atoms with Gasteiger partial charge in [-0.05, 0) is 30.5 Å². The largest absolute Gasteiger partial charge is 0.278 e. The Labute approximate surface area is 121 Å². The molecule has 1 aliphatic carbocycles. The third-order valence-electron chi connectivity index (χ3n) is 4.19. The van der Waals surface area contributed by atoms with Gasteiger partial charge in [-0.15, -0.1) is 0 Å². The first kappa shape index (κ1) is 12.9. The minimum absolute atomic E-state index is 0.0395. The maximum absolute atomic E-state index is 12.3. The molecule has 0 aromatic heterocycles. The van der Waals surface area contributed by atoms with Crippen molar-refractivity contribution in [2.45, 2.75) is 32.2 Å². The maximum atomic E-state index is 12.3. The average Bonchev–Trinajstić information content (AvgIpc) is 2.67. The van der Waals surface area contributed by atoms with Gasteiger partial charge in [0.25, 0.3) is 0 Å². The van der Waals surface area contributed by atoms with Crippen molar-refractivity contribution in [3.8, 4) is 0 Å². The molecule has 3 rings (SSSR count). The molecule has 0 spiro atoms. The fraction of sp³-hybridized carbons (Fsp3) is 0.467. The number of carbonyl (C=O) groups excluding carboxylic acids is 2. The van der Waals surface area contributed by atoms with E-state index >= 15 is 0 Å². The summed E-state index contributed by atoms with van der Waals surface area (Å²) in [6.07, 6.45) is 3.91. The summed E-state index contributed by atoms with van der Waals surface area (Å²) >= 11 is 3.38. The molecule has 1 aliphatic heterocycles. The molecule has 1 saturated carbocycles. The van der Waals surface area contributed by atoms with Gasteiger partial charge in [-0.3, -0.25) is 14.5 Å². The Hall–Kier alpha value is -1.16. The van der Waals surface area contributed by atoms with Crippen LogP contribution in [0.3, 0.4) is 0 Å². The second-order valence-electron chi connectivity index (χ2n) is 5.39. The van der Waals surface area contributed by atoms with Gasteiger partial charge in [0.1, 0.15) is 0 Å². The number of rotatable bonds is 2. The number of amides is 2. The molecule has 0 bridgehead atoms. The molecule has 2 fully saturated rings. The van der Waals surface area contributed by atoms with E-state index in [1.54, 1.807) is 0 Å². The molecule has 1 saturated heterocycles. The van der Waals surface area contributed by atoms with Crippen molar-refractivity contribution in [1.82, 2.24) is 4.90 Å². The minimum atomic E-state index is -0.0447. The number of hydrogen-bond acceptors (Lipinski definition) is 2. The molecule has 1 aromatic rings. The Morgan fingerprint density at radius 1 is 1.00 bits per heavy atom. The van der Waals surface area contributed by atoms with Gasteiger partial charge < -0.3 is 0 Å². The molecule has 1 heterocycles. The van der Waals surface area contributed by atoms with Crippen LogP contribution in [-0.4, -0.2) is 16.7 Å². The molecule has 1 aromatic carbocycles. The molecule has 3 nitrogen and oxygen atoms in total.